The average molecular weight is 281 g/mol. The first-order valence-electron chi connectivity index (χ1n) is 6.94. The Bertz CT molecular complexity index is 461. The molecule has 0 aromatic heterocycles. The lowest BCUT2D eigenvalue weighted by molar-refractivity contribution is 0.0922. The highest BCUT2D eigenvalue weighted by atomic mass is 35.5. The lowest BCUT2D eigenvalue weighted by Gasteiger charge is -2.23. The highest BCUT2D eigenvalue weighted by molar-refractivity contribution is 6.36. The van der Waals surface area contributed by atoms with Crippen LogP contribution in [0.1, 0.15) is 49.4 Å². The lowest BCUT2D eigenvalue weighted by atomic mass is 9.96. The van der Waals surface area contributed by atoms with Crippen LogP contribution in [-0.2, 0) is 0 Å². The van der Waals surface area contributed by atoms with Crippen molar-refractivity contribution in [1.82, 2.24) is 5.32 Å². The predicted octanol–water partition coefficient (Wildman–Crippen LogP) is 3.62. The minimum atomic E-state index is -0.115. The molecule has 1 aliphatic carbocycles. The Labute approximate surface area is 119 Å². The first-order valence-corrected chi connectivity index (χ1v) is 7.32. The van der Waals surface area contributed by atoms with E-state index in [-0.39, 0.29) is 11.9 Å². The largest absolute Gasteiger partial charge is 0.398 e. The van der Waals surface area contributed by atoms with Crippen molar-refractivity contribution in [2.24, 2.45) is 5.92 Å². The van der Waals surface area contributed by atoms with Gasteiger partial charge in [0.2, 0.25) is 0 Å². The van der Waals surface area contributed by atoms with Gasteiger partial charge in [0.25, 0.3) is 5.91 Å². The average Bonchev–Trinajstić information content (AvgIpc) is 2.58. The quantitative estimate of drug-likeness (QED) is 0.642. The molecule has 1 amide bonds. The highest BCUT2D eigenvalue weighted by Gasteiger charge is 2.23. The number of amides is 1. The second-order valence-electron chi connectivity index (χ2n) is 5.40. The SMILES string of the molecule is CC1CCCCCC1NC(=O)c1cccc(N)c1Cl. The summed E-state index contributed by atoms with van der Waals surface area (Å²) in [6.45, 7) is 2.21. The third-order valence-electron chi connectivity index (χ3n) is 3.95. The summed E-state index contributed by atoms with van der Waals surface area (Å²) < 4.78 is 0. The zero-order chi connectivity index (χ0) is 13.8. The zero-order valence-corrected chi connectivity index (χ0v) is 12.0. The van der Waals surface area contributed by atoms with Gasteiger partial charge in [-0.2, -0.15) is 0 Å². The summed E-state index contributed by atoms with van der Waals surface area (Å²) >= 11 is 6.09. The minimum absolute atomic E-state index is 0.115. The van der Waals surface area contributed by atoms with E-state index < -0.39 is 0 Å². The van der Waals surface area contributed by atoms with E-state index in [9.17, 15) is 4.79 Å². The van der Waals surface area contributed by atoms with Gasteiger partial charge in [0, 0.05) is 6.04 Å². The molecule has 3 nitrogen and oxygen atoms in total. The highest BCUT2D eigenvalue weighted by Crippen LogP contribution is 2.26. The molecule has 0 saturated heterocycles. The molecule has 0 heterocycles. The summed E-state index contributed by atoms with van der Waals surface area (Å²) in [6, 6.07) is 5.42. The van der Waals surface area contributed by atoms with Gasteiger partial charge in [-0.05, 0) is 30.9 Å². The van der Waals surface area contributed by atoms with Crippen molar-refractivity contribution in [3.63, 3.8) is 0 Å². The van der Waals surface area contributed by atoms with Crippen molar-refractivity contribution in [2.75, 3.05) is 5.73 Å². The van der Waals surface area contributed by atoms with Crippen LogP contribution in [0.15, 0.2) is 18.2 Å². The van der Waals surface area contributed by atoms with Crippen molar-refractivity contribution in [3.8, 4) is 0 Å². The van der Waals surface area contributed by atoms with Gasteiger partial charge in [-0.1, -0.05) is 43.9 Å². The molecule has 0 radical (unpaired) electrons. The Morgan fingerprint density at radius 2 is 2.05 bits per heavy atom. The maximum absolute atomic E-state index is 12.3. The lowest BCUT2D eigenvalue weighted by Crippen LogP contribution is -2.39. The van der Waals surface area contributed by atoms with E-state index in [1.54, 1.807) is 18.2 Å². The molecule has 4 heteroatoms. The fourth-order valence-electron chi connectivity index (χ4n) is 2.68. The summed E-state index contributed by atoms with van der Waals surface area (Å²) in [5.41, 5.74) is 6.65. The maximum Gasteiger partial charge on any atom is 0.253 e. The van der Waals surface area contributed by atoms with Gasteiger partial charge in [0.1, 0.15) is 0 Å². The van der Waals surface area contributed by atoms with Crippen molar-refractivity contribution >= 4 is 23.2 Å². The number of anilines is 1. The molecule has 2 unspecified atom stereocenters. The number of carbonyl (C=O) groups excluding carboxylic acids is 1. The first-order chi connectivity index (χ1) is 9.09. The number of nitrogens with one attached hydrogen (secondary N) is 1. The molecule has 1 fully saturated rings. The van der Waals surface area contributed by atoms with E-state index in [0.29, 0.717) is 22.2 Å². The number of halogens is 1. The number of nitrogen functional groups attached to an aromatic ring is 1. The smallest absolute Gasteiger partial charge is 0.253 e. The van der Waals surface area contributed by atoms with Crippen LogP contribution in [0, 0.1) is 5.92 Å². The zero-order valence-electron chi connectivity index (χ0n) is 11.3. The standard InChI is InChI=1S/C15H21ClN2O/c1-10-6-3-2-4-9-13(10)18-15(19)11-7-5-8-12(17)14(11)16/h5,7-8,10,13H,2-4,6,9,17H2,1H3,(H,18,19). The Morgan fingerprint density at radius 3 is 2.84 bits per heavy atom. The molecule has 1 aliphatic rings. The summed E-state index contributed by atoms with van der Waals surface area (Å²) in [5, 5.41) is 3.46. The molecular weight excluding hydrogens is 260 g/mol. The fourth-order valence-corrected chi connectivity index (χ4v) is 2.89. The molecule has 3 N–H and O–H groups in total. The number of benzene rings is 1. The summed E-state index contributed by atoms with van der Waals surface area (Å²) in [5.74, 6) is 0.405. The van der Waals surface area contributed by atoms with E-state index in [0.717, 1.165) is 6.42 Å². The number of rotatable bonds is 2. The second-order valence-corrected chi connectivity index (χ2v) is 5.78. The van der Waals surface area contributed by atoms with Gasteiger partial charge >= 0.3 is 0 Å². The molecule has 0 bridgehead atoms. The normalized spacial score (nSPS) is 23.7. The molecule has 19 heavy (non-hydrogen) atoms. The van der Waals surface area contributed by atoms with Gasteiger partial charge in [0.05, 0.1) is 16.3 Å². The van der Waals surface area contributed by atoms with Crippen LogP contribution in [0.25, 0.3) is 0 Å². The first kappa shape index (κ1) is 14.2. The van der Waals surface area contributed by atoms with E-state index in [1.807, 2.05) is 0 Å². The molecule has 0 spiro atoms. The van der Waals surface area contributed by atoms with Crippen LogP contribution >= 0.6 is 11.6 Å². The Kier molecular flexibility index (Phi) is 4.70. The van der Waals surface area contributed by atoms with E-state index in [4.69, 9.17) is 17.3 Å². The molecule has 1 saturated carbocycles. The second kappa shape index (κ2) is 6.29. The Balaban J connectivity index is 2.09. The van der Waals surface area contributed by atoms with Gasteiger partial charge in [-0.25, -0.2) is 0 Å². The Morgan fingerprint density at radius 1 is 1.32 bits per heavy atom. The minimum Gasteiger partial charge on any atom is -0.398 e. The van der Waals surface area contributed by atoms with Crippen LogP contribution < -0.4 is 11.1 Å². The maximum atomic E-state index is 12.3. The van der Waals surface area contributed by atoms with E-state index in [1.165, 1.54) is 25.7 Å². The molecule has 1 aromatic rings. The third-order valence-corrected chi connectivity index (χ3v) is 4.37. The topological polar surface area (TPSA) is 55.1 Å². The van der Waals surface area contributed by atoms with Gasteiger partial charge in [-0.15, -0.1) is 0 Å². The van der Waals surface area contributed by atoms with Gasteiger partial charge in [0.15, 0.2) is 0 Å². The summed E-state index contributed by atoms with van der Waals surface area (Å²) in [4.78, 5) is 12.3. The number of carbonyl (C=O) groups is 1. The number of hydrogen-bond acceptors (Lipinski definition) is 2. The van der Waals surface area contributed by atoms with Crippen LogP contribution in [0.2, 0.25) is 5.02 Å². The molecule has 104 valence electrons. The van der Waals surface area contributed by atoms with Crippen LogP contribution in [-0.4, -0.2) is 11.9 Å². The van der Waals surface area contributed by atoms with E-state index >= 15 is 0 Å². The van der Waals surface area contributed by atoms with Crippen molar-refractivity contribution < 1.29 is 4.79 Å². The van der Waals surface area contributed by atoms with Crippen LogP contribution in [0.3, 0.4) is 0 Å². The van der Waals surface area contributed by atoms with Gasteiger partial charge < -0.3 is 11.1 Å². The van der Waals surface area contributed by atoms with Gasteiger partial charge in [-0.3, -0.25) is 4.79 Å². The molecule has 0 aliphatic heterocycles. The predicted molar refractivity (Wildman–Crippen MR) is 79.4 cm³/mol. The number of hydrogen-bond donors (Lipinski definition) is 2. The fraction of sp³-hybridized carbons (Fsp3) is 0.533. The number of nitrogens with two attached hydrogens (primary N) is 1. The molecule has 2 rings (SSSR count). The van der Waals surface area contributed by atoms with Crippen molar-refractivity contribution in [3.05, 3.63) is 28.8 Å². The Hall–Kier alpha value is -1.22. The van der Waals surface area contributed by atoms with Crippen molar-refractivity contribution in [2.45, 2.75) is 45.1 Å². The molecule has 1 aromatic carbocycles. The molecular formula is C15H21ClN2O. The van der Waals surface area contributed by atoms with Crippen molar-refractivity contribution in [1.29, 1.82) is 0 Å². The van der Waals surface area contributed by atoms with Crippen LogP contribution in [0.4, 0.5) is 5.69 Å². The monoisotopic (exact) mass is 280 g/mol. The van der Waals surface area contributed by atoms with Crippen LogP contribution in [0.5, 0.6) is 0 Å². The summed E-state index contributed by atoms with van der Waals surface area (Å²) in [6.07, 6.45) is 5.92. The third kappa shape index (κ3) is 3.41. The van der Waals surface area contributed by atoms with E-state index in [2.05, 4.69) is 12.2 Å². The summed E-state index contributed by atoms with van der Waals surface area (Å²) in [7, 11) is 0. The molecule has 2 atom stereocenters.